The number of benzene rings is 10. The van der Waals surface area contributed by atoms with Crippen molar-refractivity contribution < 1.29 is 0 Å². The van der Waals surface area contributed by atoms with Crippen LogP contribution in [0.3, 0.4) is 0 Å². The molecule has 0 unspecified atom stereocenters. The molecule has 1 aliphatic rings. The first-order valence-corrected chi connectivity index (χ1v) is 23.3. The predicted octanol–water partition coefficient (Wildman–Crippen LogP) is 18.5. The lowest BCUT2D eigenvalue weighted by Gasteiger charge is -2.33. The van der Waals surface area contributed by atoms with Crippen LogP contribution in [0.25, 0.3) is 66.1 Å². The van der Waals surface area contributed by atoms with Gasteiger partial charge in [-0.25, -0.2) is 0 Å². The van der Waals surface area contributed by atoms with E-state index in [1.807, 2.05) is 0 Å². The van der Waals surface area contributed by atoms with Crippen LogP contribution in [0.2, 0.25) is 0 Å². The molecule has 2 heteroatoms. The highest BCUT2D eigenvalue weighted by Gasteiger charge is 2.29. The number of fused-ring (bicyclic) bond motifs is 6. The maximum Gasteiger partial charge on any atom is 0.0540 e. The lowest BCUT2D eigenvalue weighted by Crippen LogP contribution is -2.19. The first-order chi connectivity index (χ1) is 32.0. The van der Waals surface area contributed by atoms with Crippen molar-refractivity contribution >= 4 is 55.7 Å². The predicted molar refractivity (Wildman–Crippen MR) is 284 cm³/mol. The summed E-state index contributed by atoms with van der Waals surface area (Å²) in [6.45, 7) is 13.8. The summed E-state index contributed by atoms with van der Waals surface area (Å²) in [4.78, 5) is 4.95. The average molecular weight is 851 g/mol. The lowest BCUT2D eigenvalue weighted by molar-refractivity contribution is 0.590. The summed E-state index contributed by atoms with van der Waals surface area (Å²) >= 11 is 0. The van der Waals surface area contributed by atoms with E-state index < -0.39 is 0 Å². The van der Waals surface area contributed by atoms with Gasteiger partial charge in [0, 0.05) is 33.9 Å². The third-order valence-corrected chi connectivity index (χ3v) is 13.4. The first kappa shape index (κ1) is 41.1. The smallest absolute Gasteiger partial charge is 0.0540 e. The van der Waals surface area contributed by atoms with E-state index in [9.17, 15) is 0 Å². The monoisotopic (exact) mass is 850 g/mol. The van der Waals surface area contributed by atoms with Crippen LogP contribution in [-0.2, 0) is 10.8 Å². The molecule has 2 nitrogen and oxygen atoms in total. The summed E-state index contributed by atoms with van der Waals surface area (Å²) in [6, 6.07) is 80.6. The molecule has 0 atom stereocenters. The minimum Gasteiger partial charge on any atom is -0.310 e. The molecular formula is C64H54N2. The van der Waals surface area contributed by atoms with Gasteiger partial charge >= 0.3 is 0 Å². The standard InChI is InChI=1S/C64H54N2/c1-63(2,3)57-27-15-19-31-61(57)65(59-29-17-13-25-51(59)43-21-9-7-10-22-43)49-35-33-45-39-53-55(41-47(45)37-49)54-40-46-34-36-50(38-48(46)42-56(53)54)66(62-32-20-16-28-58(62)64(4,5)6)60-30-18-14-26-52(60)44-23-11-8-12-24-44/h7-42H,1-6H3. The Kier molecular flexibility index (Phi) is 10.0. The largest absolute Gasteiger partial charge is 0.310 e. The Morgan fingerprint density at radius 2 is 0.576 bits per heavy atom. The Morgan fingerprint density at radius 3 is 0.955 bits per heavy atom. The molecule has 1 aliphatic carbocycles. The van der Waals surface area contributed by atoms with Crippen LogP contribution < -0.4 is 9.80 Å². The molecule has 0 radical (unpaired) electrons. The fraction of sp³-hybridized carbons (Fsp3) is 0.125. The van der Waals surface area contributed by atoms with Gasteiger partial charge < -0.3 is 9.80 Å². The van der Waals surface area contributed by atoms with Gasteiger partial charge in [-0.2, -0.15) is 0 Å². The molecule has 0 saturated heterocycles. The lowest BCUT2D eigenvalue weighted by atomic mass is 9.78. The van der Waals surface area contributed by atoms with Crippen LogP contribution in [0.4, 0.5) is 34.1 Å². The maximum atomic E-state index is 2.47. The van der Waals surface area contributed by atoms with Gasteiger partial charge in [0.05, 0.1) is 11.4 Å². The van der Waals surface area contributed by atoms with E-state index >= 15 is 0 Å². The zero-order chi connectivity index (χ0) is 45.2. The number of hydrogen-bond donors (Lipinski definition) is 0. The molecule has 0 amide bonds. The zero-order valence-corrected chi connectivity index (χ0v) is 38.7. The summed E-state index contributed by atoms with van der Waals surface area (Å²) in [7, 11) is 0. The van der Waals surface area contributed by atoms with Gasteiger partial charge in [0.1, 0.15) is 0 Å². The molecular weight excluding hydrogens is 797 g/mol. The van der Waals surface area contributed by atoms with Crippen LogP contribution in [0.15, 0.2) is 218 Å². The Morgan fingerprint density at radius 1 is 0.258 bits per heavy atom. The normalized spacial score (nSPS) is 12.1. The van der Waals surface area contributed by atoms with Crippen molar-refractivity contribution in [2.45, 2.75) is 52.4 Å². The summed E-state index contributed by atoms with van der Waals surface area (Å²) < 4.78 is 0. The Hall–Kier alpha value is -7.68. The summed E-state index contributed by atoms with van der Waals surface area (Å²) in [5, 5.41) is 4.93. The van der Waals surface area contributed by atoms with E-state index in [1.54, 1.807) is 0 Å². The molecule has 66 heavy (non-hydrogen) atoms. The highest BCUT2D eigenvalue weighted by molar-refractivity contribution is 6.13. The van der Waals surface area contributed by atoms with Crippen LogP contribution in [0.5, 0.6) is 0 Å². The van der Waals surface area contributed by atoms with Crippen LogP contribution in [-0.4, -0.2) is 0 Å². The Bertz CT molecular complexity index is 3190. The van der Waals surface area contributed by atoms with Gasteiger partial charge in [-0.1, -0.05) is 187 Å². The highest BCUT2D eigenvalue weighted by atomic mass is 15.2. The van der Waals surface area contributed by atoms with Gasteiger partial charge in [0.2, 0.25) is 0 Å². The van der Waals surface area contributed by atoms with Gasteiger partial charge in [-0.05, 0) is 150 Å². The molecule has 0 N–H and O–H groups in total. The van der Waals surface area contributed by atoms with E-state index in [0.717, 1.165) is 22.7 Å². The summed E-state index contributed by atoms with van der Waals surface area (Å²) in [6.07, 6.45) is 0. The van der Waals surface area contributed by atoms with Crippen molar-refractivity contribution in [3.63, 3.8) is 0 Å². The highest BCUT2D eigenvalue weighted by Crippen LogP contribution is 2.53. The van der Waals surface area contributed by atoms with Gasteiger partial charge in [-0.3, -0.25) is 0 Å². The van der Waals surface area contributed by atoms with Gasteiger partial charge in [-0.15, -0.1) is 0 Å². The van der Waals surface area contributed by atoms with E-state index in [0.29, 0.717) is 0 Å². The average Bonchev–Trinajstić information content (AvgIpc) is 3.34. The van der Waals surface area contributed by atoms with Crippen molar-refractivity contribution in [3.8, 4) is 44.5 Å². The maximum absolute atomic E-state index is 2.47. The fourth-order valence-electron chi connectivity index (χ4n) is 10.2. The molecule has 10 aromatic carbocycles. The van der Waals surface area contributed by atoms with Crippen molar-refractivity contribution in [1.82, 2.24) is 0 Å². The van der Waals surface area contributed by atoms with E-state index in [-0.39, 0.29) is 10.8 Å². The molecule has 0 heterocycles. The third-order valence-electron chi connectivity index (χ3n) is 13.4. The fourth-order valence-corrected chi connectivity index (χ4v) is 10.2. The molecule has 0 spiro atoms. The van der Waals surface area contributed by atoms with Gasteiger partial charge in [0.25, 0.3) is 0 Å². The number of rotatable bonds is 8. The first-order valence-electron chi connectivity index (χ1n) is 23.3. The molecule has 10 aromatic rings. The van der Waals surface area contributed by atoms with Crippen LogP contribution >= 0.6 is 0 Å². The Balaban J connectivity index is 1.02. The summed E-state index contributed by atoms with van der Waals surface area (Å²) in [5.41, 5.74) is 19.5. The molecule has 0 fully saturated rings. The number of anilines is 6. The van der Waals surface area contributed by atoms with E-state index in [2.05, 4.69) is 270 Å². The van der Waals surface area contributed by atoms with Crippen molar-refractivity contribution in [3.05, 3.63) is 230 Å². The number of hydrogen-bond acceptors (Lipinski definition) is 2. The number of nitrogens with zero attached hydrogens (tertiary/aromatic N) is 2. The van der Waals surface area contributed by atoms with E-state index in [4.69, 9.17) is 0 Å². The van der Waals surface area contributed by atoms with Crippen molar-refractivity contribution in [2.24, 2.45) is 0 Å². The molecule has 11 rings (SSSR count). The molecule has 0 bridgehead atoms. The van der Waals surface area contributed by atoms with E-state index in [1.165, 1.54) is 88.6 Å². The molecule has 0 aromatic heterocycles. The molecule has 320 valence electrons. The third kappa shape index (κ3) is 7.24. The quantitative estimate of drug-likeness (QED) is 0.150. The topological polar surface area (TPSA) is 6.48 Å². The summed E-state index contributed by atoms with van der Waals surface area (Å²) in [5.74, 6) is 0. The number of para-hydroxylation sites is 4. The zero-order valence-electron chi connectivity index (χ0n) is 38.7. The van der Waals surface area contributed by atoms with Crippen LogP contribution in [0.1, 0.15) is 52.7 Å². The molecule has 0 aliphatic heterocycles. The second-order valence-corrected chi connectivity index (χ2v) is 19.8. The second kappa shape index (κ2) is 16.1. The SMILES string of the molecule is CC(C)(C)c1ccccc1N(c1ccc2cc3c(cc2c1)-c1cc2ccc(N(c4ccccc4-c4ccccc4)c4ccccc4C(C)(C)C)cc2cc1-3)c1ccccc1-c1ccccc1. The van der Waals surface area contributed by atoms with Crippen LogP contribution in [0, 0.1) is 0 Å². The minimum absolute atomic E-state index is 0.0641. The van der Waals surface area contributed by atoms with Crippen molar-refractivity contribution in [1.29, 1.82) is 0 Å². The second-order valence-electron chi connectivity index (χ2n) is 19.8. The Labute approximate surface area is 390 Å². The minimum atomic E-state index is -0.0641. The van der Waals surface area contributed by atoms with Crippen molar-refractivity contribution in [2.75, 3.05) is 9.80 Å². The molecule has 0 saturated carbocycles. The van der Waals surface area contributed by atoms with Gasteiger partial charge in [0.15, 0.2) is 0 Å².